The number of rotatable bonds is 3. The number of carbonyl (C=O) groups is 1. The first kappa shape index (κ1) is 21.3. The summed E-state index contributed by atoms with van der Waals surface area (Å²) in [6.45, 7) is 1.88. The van der Waals surface area contributed by atoms with Crippen LogP contribution in [0.15, 0.2) is 53.5 Å². The van der Waals surface area contributed by atoms with Crippen molar-refractivity contribution < 1.29 is 4.79 Å². The zero-order valence-electron chi connectivity index (χ0n) is 16.6. The molecule has 1 unspecified atom stereocenters. The van der Waals surface area contributed by atoms with Crippen LogP contribution in [0.1, 0.15) is 16.8 Å². The number of aliphatic imine (C=N–C) groups is 1. The van der Waals surface area contributed by atoms with Gasteiger partial charge in [-0.15, -0.1) is 0 Å². The largest absolute Gasteiger partial charge is 0.333 e. The Kier molecular flexibility index (Phi) is 5.95. The molecular weight excluding hydrogens is 455 g/mol. The van der Waals surface area contributed by atoms with E-state index in [-0.39, 0.29) is 11.0 Å². The summed E-state index contributed by atoms with van der Waals surface area (Å²) in [4.78, 5) is 19.5. The predicted octanol–water partition coefficient (Wildman–Crippen LogP) is 4.15. The highest BCUT2D eigenvalue weighted by Crippen LogP contribution is 2.31. The first-order valence-corrected chi connectivity index (χ1v) is 10.5. The molecule has 10 heteroatoms. The van der Waals surface area contributed by atoms with E-state index in [2.05, 4.69) is 20.8 Å². The Balaban J connectivity index is 1.76. The third kappa shape index (κ3) is 4.41. The van der Waals surface area contributed by atoms with Gasteiger partial charge in [-0.3, -0.25) is 9.89 Å². The lowest BCUT2D eigenvalue weighted by Gasteiger charge is -2.21. The number of benzodiazepines with no additional fused rings is 1. The molecule has 31 heavy (non-hydrogen) atoms. The predicted molar refractivity (Wildman–Crippen MR) is 128 cm³/mol. The second-order valence-electron chi connectivity index (χ2n) is 6.95. The van der Waals surface area contributed by atoms with Crippen molar-refractivity contribution in [2.24, 2.45) is 4.99 Å². The van der Waals surface area contributed by atoms with E-state index in [4.69, 9.17) is 40.4 Å². The third-order valence-electron chi connectivity index (χ3n) is 4.74. The standard InChI is InChI=1S/C21H18Cl2N6OS/c1-11-9-17(28-27-11)24-21(31)26-19-20(30)29(2)16-8-7-12(22)10-14(16)18(25-19)13-5-3-4-6-15(13)23/h3-10,19H,1-2H3,(H3,24,26,27,28,31). The van der Waals surface area contributed by atoms with Gasteiger partial charge in [-0.2, -0.15) is 5.10 Å². The van der Waals surface area contributed by atoms with Crippen LogP contribution in [0.3, 0.4) is 0 Å². The highest BCUT2D eigenvalue weighted by Gasteiger charge is 2.31. The van der Waals surface area contributed by atoms with E-state index in [1.807, 2.05) is 25.1 Å². The Labute approximate surface area is 194 Å². The number of likely N-dealkylation sites (N-methyl/N-ethyl adjacent to an activating group) is 1. The van der Waals surface area contributed by atoms with E-state index in [0.717, 1.165) is 5.69 Å². The molecule has 0 radical (unpaired) electrons. The summed E-state index contributed by atoms with van der Waals surface area (Å²) in [5.41, 5.74) is 3.46. The average Bonchev–Trinajstić information content (AvgIpc) is 3.11. The van der Waals surface area contributed by atoms with E-state index < -0.39 is 6.17 Å². The maximum Gasteiger partial charge on any atom is 0.272 e. The van der Waals surface area contributed by atoms with E-state index in [9.17, 15) is 4.79 Å². The lowest BCUT2D eigenvalue weighted by atomic mass is 10.00. The SMILES string of the molecule is Cc1cc(NC(=S)NC2N=C(c3ccccc3Cl)c3cc(Cl)ccc3N(C)C2=O)n[nH]1. The van der Waals surface area contributed by atoms with Crippen LogP contribution in [-0.2, 0) is 4.79 Å². The van der Waals surface area contributed by atoms with Gasteiger partial charge in [0, 0.05) is 40.0 Å². The molecule has 158 valence electrons. The molecule has 0 saturated carbocycles. The Morgan fingerprint density at radius 1 is 1.16 bits per heavy atom. The number of halogens is 2. The van der Waals surface area contributed by atoms with Crippen LogP contribution in [0.4, 0.5) is 11.5 Å². The molecule has 2 heterocycles. The van der Waals surface area contributed by atoms with Crippen molar-refractivity contribution in [1.29, 1.82) is 0 Å². The van der Waals surface area contributed by atoms with Gasteiger partial charge >= 0.3 is 0 Å². The number of benzene rings is 2. The fraction of sp³-hybridized carbons (Fsp3) is 0.143. The Morgan fingerprint density at radius 3 is 2.65 bits per heavy atom. The number of aryl methyl sites for hydroxylation is 1. The fourth-order valence-corrected chi connectivity index (χ4v) is 3.88. The van der Waals surface area contributed by atoms with Crippen molar-refractivity contribution in [3.8, 4) is 0 Å². The fourth-order valence-electron chi connectivity index (χ4n) is 3.27. The number of hydrogen-bond donors (Lipinski definition) is 3. The molecule has 0 saturated heterocycles. The highest BCUT2D eigenvalue weighted by molar-refractivity contribution is 7.80. The van der Waals surface area contributed by atoms with Gasteiger partial charge in [-0.25, -0.2) is 4.99 Å². The molecule has 3 aromatic rings. The summed E-state index contributed by atoms with van der Waals surface area (Å²) in [6, 6.07) is 14.4. The molecule has 1 aliphatic rings. The zero-order chi connectivity index (χ0) is 22.1. The van der Waals surface area contributed by atoms with Crippen molar-refractivity contribution in [3.63, 3.8) is 0 Å². The molecule has 1 atom stereocenters. The van der Waals surface area contributed by atoms with Gasteiger partial charge in [0.05, 0.1) is 11.4 Å². The number of thiocarbonyl (C=S) groups is 1. The number of amides is 1. The molecule has 7 nitrogen and oxygen atoms in total. The number of nitrogens with one attached hydrogen (secondary N) is 3. The molecule has 3 N–H and O–H groups in total. The quantitative estimate of drug-likeness (QED) is 0.498. The number of fused-ring (bicyclic) bond motifs is 1. The second kappa shape index (κ2) is 8.66. The first-order valence-electron chi connectivity index (χ1n) is 9.33. The maximum atomic E-state index is 13.2. The lowest BCUT2D eigenvalue weighted by molar-refractivity contribution is -0.119. The molecular formula is C21H18Cl2N6OS. The van der Waals surface area contributed by atoms with E-state index in [1.165, 1.54) is 4.90 Å². The molecule has 2 aromatic carbocycles. The van der Waals surface area contributed by atoms with Gasteiger partial charge in [-0.05, 0) is 43.4 Å². The van der Waals surface area contributed by atoms with Crippen LogP contribution in [-0.4, -0.2) is 40.1 Å². The Hall–Kier alpha value is -2.94. The normalized spacial score (nSPS) is 15.7. The zero-order valence-corrected chi connectivity index (χ0v) is 18.9. The van der Waals surface area contributed by atoms with Crippen LogP contribution in [0, 0.1) is 6.92 Å². The van der Waals surface area contributed by atoms with Crippen molar-refractivity contribution in [1.82, 2.24) is 15.5 Å². The number of nitrogens with zero attached hydrogens (tertiary/aromatic N) is 3. The summed E-state index contributed by atoms with van der Waals surface area (Å²) >= 11 is 18.1. The van der Waals surface area contributed by atoms with Gasteiger partial charge in [0.25, 0.3) is 5.91 Å². The van der Waals surface area contributed by atoms with E-state index in [1.54, 1.807) is 37.4 Å². The molecule has 0 bridgehead atoms. The smallest absolute Gasteiger partial charge is 0.272 e. The third-order valence-corrected chi connectivity index (χ3v) is 5.53. The first-order chi connectivity index (χ1) is 14.8. The molecule has 0 aliphatic carbocycles. The van der Waals surface area contributed by atoms with Crippen molar-refractivity contribution >= 4 is 63.7 Å². The molecule has 1 aliphatic heterocycles. The lowest BCUT2D eigenvalue weighted by Crippen LogP contribution is -2.47. The maximum absolute atomic E-state index is 13.2. The number of hydrogen-bond acceptors (Lipinski definition) is 4. The van der Waals surface area contributed by atoms with E-state index in [0.29, 0.717) is 38.4 Å². The van der Waals surface area contributed by atoms with Gasteiger partial charge in [0.2, 0.25) is 6.17 Å². The van der Waals surface area contributed by atoms with E-state index >= 15 is 0 Å². The second-order valence-corrected chi connectivity index (χ2v) is 8.21. The van der Waals surface area contributed by atoms with Gasteiger partial charge in [0.1, 0.15) is 0 Å². The molecule has 4 rings (SSSR count). The number of anilines is 2. The van der Waals surface area contributed by atoms with Crippen LogP contribution in [0.5, 0.6) is 0 Å². The molecule has 1 amide bonds. The number of carbonyl (C=O) groups excluding carboxylic acids is 1. The van der Waals surface area contributed by atoms with Crippen LogP contribution in [0.2, 0.25) is 10.0 Å². The van der Waals surface area contributed by atoms with Crippen molar-refractivity contribution in [3.05, 3.63) is 75.4 Å². The van der Waals surface area contributed by atoms with Crippen LogP contribution < -0.4 is 15.5 Å². The van der Waals surface area contributed by atoms with Crippen LogP contribution in [0.25, 0.3) is 0 Å². The summed E-state index contributed by atoms with van der Waals surface area (Å²) < 4.78 is 0. The Morgan fingerprint density at radius 2 is 1.94 bits per heavy atom. The van der Waals surface area contributed by atoms with Gasteiger partial charge in [0.15, 0.2) is 10.9 Å². The summed E-state index contributed by atoms with van der Waals surface area (Å²) in [6.07, 6.45) is -0.984. The monoisotopic (exact) mass is 472 g/mol. The number of aromatic nitrogens is 2. The topological polar surface area (TPSA) is 85.4 Å². The highest BCUT2D eigenvalue weighted by atomic mass is 35.5. The molecule has 1 aromatic heterocycles. The van der Waals surface area contributed by atoms with Crippen molar-refractivity contribution in [2.75, 3.05) is 17.3 Å². The Bertz CT molecular complexity index is 1210. The summed E-state index contributed by atoms with van der Waals surface area (Å²) in [5, 5.41) is 14.1. The van der Waals surface area contributed by atoms with Crippen LogP contribution >= 0.6 is 35.4 Å². The molecule has 0 spiro atoms. The average molecular weight is 473 g/mol. The van der Waals surface area contributed by atoms with Gasteiger partial charge in [-0.1, -0.05) is 41.4 Å². The number of H-pyrrole nitrogens is 1. The number of aromatic amines is 1. The minimum absolute atomic E-state index is 0.212. The van der Waals surface area contributed by atoms with Crippen molar-refractivity contribution in [2.45, 2.75) is 13.1 Å². The van der Waals surface area contributed by atoms with Gasteiger partial charge < -0.3 is 15.5 Å². The minimum Gasteiger partial charge on any atom is -0.333 e. The molecule has 0 fully saturated rings. The summed E-state index contributed by atoms with van der Waals surface area (Å²) in [5.74, 6) is 0.253. The summed E-state index contributed by atoms with van der Waals surface area (Å²) in [7, 11) is 1.68. The minimum atomic E-state index is -0.984.